The first-order chi connectivity index (χ1) is 14.9. The molecule has 0 unspecified atom stereocenters. The van der Waals surface area contributed by atoms with Crippen molar-refractivity contribution < 1.29 is 9.59 Å². The van der Waals surface area contributed by atoms with Gasteiger partial charge in [-0.25, -0.2) is 0 Å². The van der Waals surface area contributed by atoms with Crippen LogP contribution in [0.1, 0.15) is 68.7 Å². The average Bonchev–Trinajstić information content (AvgIpc) is 3.39. The van der Waals surface area contributed by atoms with Gasteiger partial charge in [-0.05, 0) is 37.8 Å². The molecule has 168 valence electrons. The lowest BCUT2D eigenvalue weighted by atomic mass is 10.0. The van der Waals surface area contributed by atoms with Crippen molar-refractivity contribution in [3.63, 3.8) is 0 Å². The van der Waals surface area contributed by atoms with Crippen LogP contribution in [0.25, 0.3) is 0 Å². The molecule has 0 spiro atoms. The summed E-state index contributed by atoms with van der Waals surface area (Å²) in [6.45, 7) is 6.69. The third-order valence-corrected chi connectivity index (χ3v) is 6.76. The number of aromatic nitrogens is 3. The number of benzene rings is 1. The molecule has 0 aliphatic heterocycles. The van der Waals surface area contributed by atoms with Gasteiger partial charge in [0, 0.05) is 12.6 Å². The number of hydrogen-bond acceptors (Lipinski definition) is 5. The maximum Gasteiger partial charge on any atom is 0.253 e. The Hall–Kier alpha value is -2.06. The molecule has 7 nitrogen and oxygen atoms in total. The van der Waals surface area contributed by atoms with Crippen LogP contribution in [0.2, 0.25) is 5.02 Å². The quantitative estimate of drug-likeness (QED) is 0.543. The number of hydrogen-bond donors (Lipinski definition) is 2. The molecule has 1 aliphatic carbocycles. The van der Waals surface area contributed by atoms with Crippen molar-refractivity contribution in [2.75, 3.05) is 5.75 Å². The topological polar surface area (TPSA) is 88.9 Å². The molecule has 0 radical (unpaired) electrons. The number of thioether (sulfide) groups is 1. The fraction of sp³-hybridized carbons (Fsp3) is 0.545. The molecule has 1 fully saturated rings. The van der Waals surface area contributed by atoms with E-state index in [0.717, 1.165) is 12.8 Å². The van der Waals surface area contributed by atoms with Crippen LogP contribution in [0.3, 0.4) is 0 Å². The Morgan fingerprint density at radius 3 is 2.58 bits per heavy atom. The molecular weight excluding hydrogens is 434 g/mol. The lowest BCUT2D eigenvalue weighted by molar-refractivity contribution is -0.119. The summed E-state index contributed by atoms with van der Waals surface area (Å²) in [7, 11) is 0. The van der Waals surface area contributed by atoms with E-state index in [1.807, 2.05) is 25.3 Å². The normalized spacial score (nSPS) is 15.3. The standard InChI is InChI=1S/C22H30ClN5O2S/c1-4-28-20(19(14(2)3)25-21(30)16-11-7-8-12-17(16)23)26-27-22(28)31-13-18(29)24-15-9-5-6-10-15/h7-8,11-12,14-15,19H,4-6,9-10,13H2,1-3H3,(H,24,29)(H,25,30)/t19-/m1/s1. The van der Waals surface area contributed by atoms with Gasteiger partial charge in [-0.3, -0.25) is 9.59 Å². The zero-order valence-electron chi connectivity index (χ0n) is 18.2. The van der Waals surface area contributed by atoms with Gasteiger partial charge in [-0.2, -0.15) is 0 Å². The molecule has 3 rings (SSSR count). The van der Waals surface area contributed by atoms with Crippen molar-refractivity contribution in [2.24, 2.45) is 5.92 Å². The predicted octanol–water partition coefficient (Wildman–Crippen LogP) is 4.23. The second-order valence-corrected chi connectivity index (χ2v) is 9.45. The van der Waals surface area contributed by atoms with Gasteiger partial charge in [0.1, 0.15) is 0 Å². The number of nitrogens with one attached hydrogen (secondary N) is 2. The molecule has 9 heteroatoms. The molecule has 1 aromatic carbocycles. The second kappa shape index (κ2) is 11.0. The fourth-order valence-electron chi connectivity index (χ4n) is 3.80. The van der Waals surface area contributed by atoms with E-state index in [4.69, 9.17) is 11.6 Å². The number of nitrogens with zero attached hydrogens (tertiary/aromatic N) is 3. The summed E-state index contributed by atoms with van der Waals surface area (Å²) in [5.41, 5.74) is 0.426. The van der Waals surface area contributed by atoms with Crippen molar-refractivity contribution in [1.82, 2.24) is 25.4 Å². The number of rotatable bonds is 9. The molecule has 0 saturated heterocycles. The highest BCUT2D eigenvalue weighted by atomic mass is 35.5. The van der Waals surface area contributed by atoms with Gasteiger partial charge in [0.2, 0.25) is 5.91 Å². The fourth-order valence-corrected chi connectivity index (χ4v) is 4.84. The van der Waals surface area contributed by atoms with Crippen LogP contribution in [0.15, 0.2) is 29.4 Å². The third-order valence-electron chi connectivity index (χ3n) is 5.46. The van der Waals surface area contributed by atoms with E-state index < -0.39 is 0 Å². The van der Waals surface area contributed by atoms with Crippen LogP contribution in [0, 0.1) is 5.92 Å². The van der Waals surface area contributed by atoms with E-state index in [9.17, 15) is 9.59 Å². The Labute approximate surface area is 192 Å². The van der Waals surface area contributed by atoms with Crippen molar-refractivity contribution in [2.45, 2.75) is 70.2 Å². The summed E-state index contributed by atoms with van der Waals surface area (Å²) in [4.78, 5) is 25.1. The first kappa shape index (κ1) is 23.6. The van der Waals surface area contributed by atoms with Crippen LogP contribution in [-0.4, -0.2) is 38.4 Å². The Kier molecular flexibility index (Phi) is 8.37. The minimum Gasteiger partial charge on any atom is -0.353 e. The maximum absolute atomic E-state index is 12.8. The summed E-state index contributed by atoms with van der Waals surface area (Å²) in [5, 5.41) is 15.9. The lowest BCUT2D eigenvalue weighted by Gasteiger charge is -2.22. The highest BCUT2D eigenvalue weighted by molar-refractivity contribution is 7.99. The molecule has 2 N–H and O–H groups in total. The lowest BCUT2D eigenvalue weighted by Crippen LogP contribution is -2.34. The number of carbonyl (C=O) groups is 2. The number of carbonyl (C=O) groups excluding carboxylic acids is 2. The highest BCUT2D eigenvalue weighted by Gasteiger charge is 2.27. The number of amides is 2. The van der Waals surface area contributed by atoms with Crippen LogP contribution >= 0.6 is 23.4 Å². The van der Waals surface area contributed by atoms with E-state index in [2.05, 4.69) is 20.8 Å². The van der Waals surface area contributed by atoms with Crippen molar-refractivity contribution >= 4 is 35.2 Å². The van der Waals surface area contributed by atoms with Crippen molar-refractivity contribution in [1.29, 1.82) is 0 Å². The summed E-state index contributed by atoms with van der Waals surface area (Å²) in [6, 6.07) is 6.94. The Morgan fingerprint density at radius 2 is 1.94 bits per heavy atom. The third kappa shape index (κ3) is 6.01. The smallest absolute Gasteiger partial charge is 0.253 e. The van der Waals surface area contributed by atoms with Crippen molar-refractivity contribution in [3.8, 4) is 0 Å². The van der Waals surface area contributed by atoms with Crippen LogP contribution in [-0.2, 0) is 11.3 Å². The average molecular weight is 464 g/mol. The summed E-state index contributed by atoms with van der Waals surface area (Å²) < 4.78 is 1.96. The number of halogens is 1. The van der Waals surface area contributed by atoms with Gasteiger partial charge >= 0.3 is 0 Å². The van der Waals surface area contributed by atoms with Gasteiger partial charge in [-0.15, -0.1) is 10.2 Å². The SMILES string of the molecule is CCn1c(SCC(=O)NC2CCCC2)nnc1[C@H](NC(=O)c1ccccc1Cl)C(C)C. The first-order valence-corrected chi connectivity index (χ1v) is 12.2. The van der Waals surface area contributed by atoms with E-state index in [0.29, 0.717) is 39.9 Å². The molecule has 1 aromatic heterocycles. The molecule has 2 amide bonds. The van der Waals surface area contributed by atoms with Crippen LogP contribution in [0.4, 0.5) is 0 Å². The summed E-state index contributed by atoms with van der Waals surface area (Å²) >= 11 is 7.56. The monoisotopic (exact) mass is 463 g/mol. The van der Waals surface area contributed by atoms with Gasteiger partial charge in [0.05, 0.1) is 22.4 Å². The summed E-state index contributed by atoms with van der Waals surface area (Å²) in [6.07, 6.45) is 4.49. The van der Waals surface area contributed by atoms with Gasteiger partial charge in [-0.1, -0.05) is 62.2 Å². The zero-order valence-corrected chi connectivity index (χ0v) is 19.8. The Morgan fingerprint density at radius 1 is 1.23 bits per heavy atom. The zero-order chi connectivity index (χ0) is 22.4. The molecule has 1 atom stereocenters. The van der Waals surface area contributed by atoms with E-state index in [-0.39, 0.29) is 23.8 Å². The van der Waals surface area contributed by atoms with E-state index in [1.165, 1.54) is 24.6 Å². The van der Waals surface area contributed by atoms with Crippen molar-refractivity contribution in [3.05, 3.63) is 40.7 Å². The van der Waals surface area contributed by atoms with Gasteiger partial charge in [0.15, 0.2) is 11.0 Å². The molecule has 1 aliphatic rings. The van der Waals surface area contributed by atoms with Gasteiger partial charge < -0.3 is 15.2 Å². The largest absolute Gasteiger partial charge is 0.353 e. The minimum atomic E-state index is -0.335. The molecule has 1 heterocycles. The van der Waals surface area contributed by atoms with E-state index in [1.54, 1.807) is 24.3 Å². The molecule has 0 bridgehead atoms. The highest BCUT2D eigenvalue weighted by Crippen LogP contribution is 2.26. The first-order valence-electron chi connectivity index (χ1n) is 10.8. The molecular formula is C22H30ClN5O2S. The molecule has 2 aromatic rings. The van der Waals surface area contributed by atoms with E-state index >= 15 is 0 Å². The molecule has 1 saturated carbocycles. The van der Waals surface area contributed by atoms with Crippen LogP contribution in [0.5, 0.6) is 0 Å². The summed E-state index contributed by atoms with van der Waals surface area (Å²) in [5.74, 6) is 0.838. The maximum atomic E-state index is 12.8. The van der Waals surface area contributed by atoms with Crippen LogP contribution < -0.4 is 10.6 Å². The predicted molar refractivity (Wildman–Crippen MR) is 123 cm³/mol. The Bertz CT molecular complexity index is 911. The second-order valence-electron chi connectivity index (χ2n) is 8.10. The minimum absolute atomic E-state index is 0.0246. The molecule has 31 heavy (non-hydrogen) atoms. The Balaban J connectivity index is 1.70. The van der Waals surface area contributed by atoms with Gasteiger partial charge in [0.25, 0.3) is 5.91 Å².